The molecule has 0 aliphatic heterocycles. The van der Waals surface area contributed by atoms with Crippen molar-refractivity contribution in [2.75, 3.05) is 13.7 Å². The van der Waals surface area contributed by atoms with Crippen LogP contribution in [0.15, 0.2) is 72.8 Å². The maximum absolute atomic E-state index is 13.7. The third-order valence-electron chi connectivity index (χ3n) is 6.05. The normalized spacial score (nSPS) is 12.4. The van der Waals surface area contributed by atoms with E-state index in [0.29, 0.717) is 33.5 Å². The first-order valence-corrected chi connectivity index (χ1v) is 12.9. The summed E-state index contributed by atoms with van der Waals surface area (Å²) < 4.78 is 11.2. The minimum atomic E-state index is -0.795. The smallest absolute Gasteiger partial charge is 0.261 e. The SMILES string of the molecule is CC[C@H](C)NC(=O)[C@@H](Cc1ccccc1)N(Cc1ccc(Cl)cc1Cl)C(=O)COc1ccccc1OC. The molecule has 0 saturated heterocycles. The lowest BCUT2D eigenvalue weighted by molar-refractivity contribution is -0.143. The summed E-state index contributed by atoms with van der Waals surface area (Å²) in [5, 5.41) is 3.94. The summed E-state index contributed by atoms with van der Waals surface area (Å²) >= 11 is 12.6. The van der Waals surface area contributed by atoms with Gasteiger partial charge in [-0.25, -0.2) is 0 Å². The van der Waals surface area contributed by atoms with Crippen LogP contribution in [0.4, 0.5) is 0 Å². The largest absolute Gasteiger partial charge is 0.493 e. The van der Waals surface area contributed by atoms with Gasteiger partial charge in [-0.2, -0.15) is 0 Å². The van der Waals surface area contributed by atoms with Gasteiger partial charge in [-0.15, -0.1) is 0 Å². The Balaban J connectivity index is 1.96. The number of ether oxygens (including phenoxy) is 2. The lowest BCUT2D eigenvalue weighted by atomic mass is 10.0. The zero-order valence-corrected chi connectivity index (χ0v) is 22.8. The topological polar surface area (TPSA) is 67.9 Å². The molecule has 3 aromatic rings. The van der Waals surface area contributed by atoms with Gasteiger partial charge in [-0.3, -0.25) is 9.59 Å². The third-order valence-corrected chi connectivity index (χ3v) is 6.64. The fourth-order valence-corrected chi connectivity index (χ4v) is 4.26. The van der Waals surface area contributed by atoms with Gasteiger partial charge in [-0.05, 0) is 48.7 Å². The summed E-state index contributed by atoms with van der Waals surface area (Å²) in [5.74, 6) is 0.343. The molecule has 0 aliphatic carbocycles. The summed E-state index contributed by atoms with van der Waals surface area (Å²) in [6.07, 6.45) is 1.09. The second-order valence-electron chi connectivity index (χ2n) is 8.72. The molecule has 0 radical (unpaired) electrons. The lowest BCUT2D eigenvalue weighted by Crippen LogP contribution is -2.53. The Morgan fingerprint density at radius 3 is 2.30 bits per heavy atom. The first-order chi connectivity index (χ1) is 17.8. The number of hydrogen-bond donors (Lipinski definition) is 1. The number of benzene rings is 3. The van der Waals surface area contributed by atoms with E-state index in [1.165, 1.54) is 12.0 Å². The molecule has 0 aromatic heterocycles. The molecule has 2 amide bonds. The van der Waals surface area contributed by atoms with Crippen molar-refractivity contribution in [2.24, 2.45) is 0 Å². The number of nitrogens with zero attached hydrogens (tertiary/aromatic N) is 1. The molecular weight excluding hydrogens is 511 g/mol. The van der Waals surface area contributed by atoms with Crippen LogP contribution in [0.25, 0.3) is 0 Å². The molecule has 6 nitrogen and oxygen atoms in total. The van der Waals surface area contributed by atoms with E-state index in [1.807, 2.05) is 50.2 Å². The highest BCUT2D eigenvalue weighted by Gasteiger charge is 2.31. The summed E-state index contributed by atoms with van der Waals surface area (Å²) in [5.41, 5.74) is 1.60. The van der Waals surface area contributed by atoms with E-state index in [-0.39, 0.29) is 31.0 Å². The van der Waals surface area contributed by atoms with Gasteiger partial charge in [0.25, 0.3) is 5.91 Å². The molecule has 0 fully saturated rings. The predicted molar refractivity (Wildman–Crippen MR) is 147 cm³/mol. The number of carbonyl (C=O) groups is 2. The van der Waals surface area contributed by atoms with E-state index >= 15 is 0 Å². The van der Waals surface area contributed by atoms with Crippen LogP contribution in [-0.4, -0.2) is 42.5 Å². The van der Waals surface area contributed by atoms with Gasteiger partial charge in [0, 0.05) is 29.1 Å². The second-order valence-corrected chi connectivity index (χ2v) is 9.56. The lowest BCUT2D eigenvalue weighted by Gasteiger charge is -2.32. The van der Waals surface area contributed by atoms with Gasteiger partial charge in [0.2, 0.25) is 5.91 Å². The molecule has 0 unspecified atom stereocenters. The molecule has 2 atom stereocenters. The van der Waals surface area contributed by atoms with E-state index in [1.54, 1.807) is 36.4 Å². The Kier molecular flexibility index (Phi) is 10.7. The van der Waals surface area contributed by atoms with E-state index in [4.69, 9.17) is 32.7 Å². The summed E-state index contributed by atoms with van der Waals surface area (Å²) in [6, 6.07) is 20.9. The summed E-state index contributed by atoms with van der Waals surface area (Å²) in [4.78, 5) is 28.8. The zero-order chi connectivity index (χ0) is 26.8. The number of halogens is 2. The Morgan fingerprint density at radius 2 is 1.65 bits per heavy atom. The van der Waals surface area contributed by atoms with E-state index < -0.39 is 6.04 Å². The third kappa shape index (κ3) is 8.14. The van der Waals surface area contributed by atoms with Gasteiger partial charge in [0.05, 0.1) is 7.11 Å². The van der Waals surface area contributed by atoms with Crippen molar-refractivity contribution in [3.05, 3.63) is 94.0 Å². The van der Waals surface area contributed by atoms with Gasteiger partial charge >= 0.3 is 0 Å². The predicted octanol–water partition coefficient (Wildman–Crippen LogP) is 5.94. The van der Waals surface area contributed by atoms with Crippen LogP contribution in [0.2, 0.25) is 10.0 Å². The van der Waals surface area contributed by atoms with Gasteiger partial charge in [-0.1, -0.05) is 78.7 Å². The molecule has 196 valence electrons. The average Bonchev–Trinajstić information content (AvgIpc) is 2.90. The molecule has 0 heterocycles. The highest BCUT2D eigenvalue weighted by atomic mass is 35.5. The fourth-order valence-electron chi connectivity index (χ4n) is 3.79. The van der Waals surface area contributed by atoms with Crippen LogP contribution in [0.3, 0.4) is 0 Å². The summed E-state index contributed by atoms with van der Waals surface area (Å²) in [6.45, 7) is 3.75. The van der Waals surface area contributed by atoms with Crippen molar-refractivity contribution in [2.45, 2.75) is 45.3 Å². The zero-order valence-electron chi connectivity index (χ0n) is 21.2. The standard InChI is InChI=1S/C29H32Cl2N2O4/c1-4-20(2)32-29(35)25(16-21-10-6-5-7-11-21)33(18-22-14-15-23(30)17-24(22)31)28(34)19-37-27-13-9-8-12-26(27)36-3/h5-15,17,20,25H,4,16,18-19H2,1-3H3,(H,32,35)/t20-,25+/m0/s1. The molecular formula is C29H32Cl2N2O4. The Hall–Kier alpha value is -3.22. The Labute approximate surface area is 228 Å². The van der Waals surface area contributed by atoms with Crippen molar-refractivity contribution in [1.29, 1.82) is 0 Å². The first-order valence-electron chi connectivity index (χ1n) is 12.2. The van der Waals surface area contributed by atoms with Crippen LogP contribution in [0, 0.1) is 0 Å². The van der Waals surface area contributed by atoms with E-state index in [9.17, 15) is 9.59 Å². The minimum Gasteiger partial charge on any atom is -0.493 e. The first kappa shape index (κ1) is 28.4. The van der Waals surface area contributed by atoms with Crippen molar-refractivity contribution in [3.63, 3.8) is 0 Å². The molecule has 8 heteroatoms. The monoisotopic (exact) mass is 542 g/mol. The quantitative estimate of drug-likeness (QED) is 0.307. The molecule has 1 N–H and O–H groups in total. The number of rotatable bonds is 12. The fraction of sp³-hybridized carbons (Fsp3) is 0.310. The molecule has 0 bridgehead atoms. The molecule has 0 saturated carbocycles. The highest BCUT2D eigenvalue weighted by molar-refractivity contribution is 6.35. The molecule has 0 spiro atoms. The molecule has 3 aromatic carbocycles. The van der Waals surface area contributed by atoms with Crippen LogP contribution >= 0.6 is 23.2 Å². The van der Waals surface area contributed by atoms with E-state index in [0.717, 1.165) is 12.0 Å². The molecule has 3 rings (SSSR count). The van der Waals surface area contributed by atoms with Gasteiger partial charge in [0.15, 0.2) is 18.1 Å². The van der Waals surface area contributed by atoms with Crippen LogP contribution in [-0.2, 0) is 22.6 Å². The number of carbonyl (C=O) groups excluding carboxylic acids is 2. The van der Waals surface area contributed by atoms with Gasteiger partial charge < -0.3 is 19.7 Å². The van der Waals surface area contributed by atoms with Crippen LogP contribution in [0.1, 0.15) is 31.4 Å². The number of amides is 2. The maximum Gasteiger partial charge on any atom is 0.261 e. The van der Waals surface area contributed by atoms with Crippen LogP contribution in [0.5, 0.6) is 11.5 Å². The van der Waals surface area contributed by atoms with Gasteiger partial charge in [0.1, 0.15) is 6.04 Å². The maximum atomic E-state index is 13.7. The highest BCUT2D eigenvalue weighted by Crippen LogP contribution is 2.27. The minimum absolute atomic E-state index is 0.0494. The Morgan fingerprint density at radius 1 is 0.973 bits per heavy atom. The van der Waals surface area contributed by atoms with Crippen molar-refractivity contribution >= 4 is 35.0 Å². The number of hydrogen-bond acceptors (Lipinski definition) is 4. The number of nitrogens with one attached hydrogen (secondary N) is 1. The number of methoxy groups -OCH3 is 1. The molecule has 37 heavy (non-hydrogen) atoms. The second kappa shape index (κ2) is 13.9. The van der Waals surface area contributed by atoms with Crippen LogP contribution < -0.4 is 14.8 Å². The number of para-hydroxylation sites is 2. The molecule has 0 aliphatic rings. The van der Waals surface area contributed by atoms with E-state index in [2.05, 4.69) is 5.32 Å². The van der Waals surface area contributed by atoms with Crippen molar-refractivity contribution < 1.29 is 19.1 Å². The summed E-state index contributed by atoms with van der Waals surface area (Å²) in [7, 11) is 1.54. The van der Waals surface area contributed by atoms with Crippen molar-refractivity contribution in [3.8, 4) is 11.5 Å². The Bertz CT molecular complexity index is 1190. The average molecular weight is 543 g/mol. The van der Waals surface area contributed by atoms with Crippen molar-refractivity contribution in [1.82, 2.24) is 10.2 Å².